The Balaban J connectivity index is 2.28. The second-order valence-corrected chi connectivity index (χ2v) is 5.12. The summed E-state index contributed by atoms with van der Waals surface area (Å²) in [7, 11) is 1.71. The first-order chi connectivity index (χ1) is 10.3. The maximum atomic E-state index is 6.19. The highest BCUT2D eigenvalue weighted by Crippen LogP contribution is 2.26. The van der Waals surface area contributed by atoms with Crippen LogP contribution in [-0.4, -0.2) is 23.7 Å². The fourth-order valence-electron chi connectivity index (χ4n) is 2.17. The normalized spacial score (nSPS) is 10.6. The number of benzene rings is 1. The van der Waals surface area contributed by atoms with Crippen molar-refractivity contribution >= 4 is 23.1 Å². The first kappa shape index (κ1) is 15.7. The number of hydrogen-bond acceptors (Lipinski definition) is 4. The van der Waals surface area contributed by atoms with Crippen molar-refractivity contribution in [2.24, 2.45) is 0 Å². The van der Waals surface area contributed by atoms with Crippen molar-refractivity contribution in [3.8, 4) is 0 Å². The largest absolute Gasteiger partial charge is 0.384 e. The number of ether oxygens (including phenoxy) is 1. The number of methoxy groups -OCH3 is 1. The molecule has 1 N–H and O–H groups in total. The van der Waals surface area contributed by atoms with E-state index in [9.17, 15) is 0 Å². The maximum Gasteiger partial charge on any atom is 0.138 e. The molecule has 1 aromatic carbocycles. The summed E-state index contributed by atoms with van der Waals surface area (Å²) in [5.74, 6) is 0.779. The van der Waals surface area contributed by atoms with Crippen LogP contribution in [0.15, 0.2) is 30.6 Å². The van der Waals surface area contributed by atoms with E-state index in [1.807, 2.05) is 18.2 Å². The number of rotatable bonds is 7. The van der Waals surface area contributed by atoms with E-state index in [2.05, 4.69) is 28.3 Å². The van der Waals surface area contributed by atoms with Gasteiger partial charge in [-0.3, -0.25) is 0 Å². The van der Waals surface area contributed by atoms with Crippen LogP contribution in [-0.2, 0) is 17.6 Å². The fraction of sp³-hybridized carbons (Fsp3) is 0.375. The quantitative estimate of drug-likeness (QED) is 0.785. The summed E-state index contributed by atoms with van der Waals surface area (Å²) in [6.07, 6.45) is 4.18. The molecule has 21 heavy (non-hydrogen) atoms. The Labute approximate surface area is 130 Å². The standard InChI is InChI=1S/C16H20ClN3O/c1-3-6-13-15(17)18-11-19-16(13)20-14-8-5-4-7-12(14)9-10-21-2/h4-5,7-8,11H,3,6,9-10H2,1-2H3,(H,18,19,20). The Kier molecular flexibility index (Phi) is 5.96. The number of nitrogens with zero attached hydrogens (tertiary/aromatic N) is 2. The zero-order valence-electron chi connectivity index (χ0n) is 12.4. The van der Waals surface area contributed by atoms with E-state index in [-0.39, 0.29) is 0 Å². The molecule has 1 aromatic heterocycles. The van der Waals surface area contributed by atoms with Crippen molar-refractivity contribution in [3.05, 3.63) is 46.9 Å². The van der Waals surface area contributed by atoms with Crippen LogP contribution in [0.4, 0.5) is 11.5 Å². The van der Waals surface area contributed by atoms with Gasteiger partial charge in [0.15, 0.2) is 0 Å². The van der Waals surface area contributed by atoms with Crippen molar-refractivity contribution in [2.75, 3.05) is 19.0 Å². The van der Waals surface area contributed by atoms with Crippen molar-refractivity contribution in [1.82, 2.24) is 9.97 Å². The van der Waals surface area contributed by atoms with Gasteiger partial charge in [0.1, 0.15) is 17.3 Å². The van der Waals surface area contributed by atoms with Gasteiger partial charge in [-0.25, -0.2) is 9.97 Å². The predicted molar refractivity (Wildman–Crippen MR) is 86.3 cm³/mol. The van der Waals surface area contributed by atoms with E-state index >= 15 is 0 Å². The molecule has 2 rings (SSSR count). The molecule has 0 aliphatic heterocycles. The third-order valence-electron chi connectivity index (χ3n) is 3.24. The van der Waals surface area contributed by atoms with Crippen LogP contribution in [0.25, 0.3) is 0 Å². The smallest absolute Gasteiger partial charge is 0.138 e. The van der Waals surface area contributed by atoms with Gasteiger partial charge in [0.05, 0.1) is 6.61 Å². The van der Waals surface area contributed by atoms with Crippen LogP contribution in [0.2, 0.25) is 5.15 Å². The summed E-state index contributed by atoms with van der Waals surface area (Å²) in [5, 5.41) is 3.90. The molecule has 0 saturated heterocycles. The molecule has 0 spiro atoms. The molecule has 0 atom stereocenters. The summed E-state index contributed by atoms with van der Waals surface area (Å²) >= 11 is 6.19. The Hall–Kier alpha value is -1.65. The van der Waals surface area contributed by atoms with Crippen LogP contribution in [0.5, 0.6) is 0 Å². The van der Waals surface area contributed by atoms with Gasteiger partial charge in [0.2, 0.25) is 0 Å². The van der Waals surface area contributed by atoms with Crippen LogP contribution in [0.3, 0.4) is 0 Å². The zero-order chi connectivity index (χ0) is 15.1. The van der Waals surface area contributed by atoms with Crippen LogP contribution in [0.1, 0.15) is 24.5 Å². The van der Waals surface area contributed by atoms with Gasteiger partial charge in [-0.05, 0) is 24.5 Å². The molecule has 0 aliphatic carbocycles. The fourth-order valence-corrected chi connectivity index (χ4v) is 2.40. The summed E-state index contributed by atoms with van der Waals surface area (Å²) < 4.78 is 5.16. The number of para-hydroxylation sites is 1. The number of aromatic nitrogens is 2. The monoisotopic (exact) mass is 305 g/mol. The lowest BCUT2D eigenvalue weighted by Crippen LogP contribution is -2.04. The SMILES string of the molecule is CCCc1c(Cl)ncnc1Nc1ccccc1CCOC. The molecule has 112 valence electrons. The Morgan fingerprint density at radius 2 is 2.00 bits per heavy atom. The lowest BCUT2D eigenvalue weighted by molar-refractivity contribution is 0.202. The zero-order valence-corrected chi connectivity index (χ0v) is 13.2. The molecular formula is C16H20ClN3O. The molecule has 2 aromatic rings. The average molecular weight is 306 g/mol. The summed E-state index contributed by atoms with van der Waals surface area (Å²) in [5.41, 5.74) is 3.18. The average Bonchev–Trinajstić information content (AvgIpc) is 2.50. The first-order valence-corrected chi connectivity index (χ1v) is 7.47. The van der Waals surface area contributed by atoms with E-state index in [1.165, 1.54) is 11.9 Å². The van der Waals surface area contributed by atoms with Gasteiger partial charge >= 0.3 is 0 Å². The molecule has 0 bridgehead atoms. The van der Waals surface area contributed by atoms with Crippen LogP contribution >= 0.6 is 11.6 Å². The highest BCUT2D eigenvalue weighted by Gasteiger charge is 2.11. The van der Waals surface area contributed by atoms with Gasteiger partial charge in [0, 0.05) is 18.4 Å². The molecule has 0 radical (unpaired) electrons. The number of anilines is 2. The molecule has 0 unspecified atom stereocenters. The Morgan fingerprint density at radius 1 is 1.19 bits per heavy atom. The summed E-state index contributed by atoms with van der Waals surface area (Å²) in [4.78, 5) is 8.40. The highest BCUT2D eigenvalue weighted by molar-refractivity contribution is 6.30. The Bertz CT molecular complexity index is 589. The minimum atomic E-state index is 0.517. The van der Waals surface area contributed by atoms with E-state index in [0.717, 1.165) is 36.3 Å². The van der Waals surface area contributed by atoms with Crippen molar-refractivity contribution in [1.29, 1.82) is 0 Å². The third kappa shape index (κ3) is 4.16. The lowest BCUT2D eigenvalue weighted by atomic mass is 10.1. The molecule has 0 amide bonds. The molecule has 0 saturated carbocycles. The van der Waals surface area contributed by atoms with Crippen molar-refractivity contribution < 1.29 is 4.74 Å². The molecular weight excluding hydrogens is 286 g/mol. The minimum absolute atomic E-state index is 0.517. The second-order valence-electron chi connectivity index (χ2n) is 4.77. The summed E-state index contributed by atoms with van der Waals surface area (Å²) in [6.45, 7) is 2.80. The Morgan fingerprint density at radius 3 is 2.76 bits per heavy atom. The van der Waals surface area contributed by atoms with E-state index in [0.29, 0.717) is 11.8 Å². The second kappa shape index (κ2) is 7.96. The molecule has 5 heteroatoms. The highest BCUT2D eigenvalue weighted by atomic mass is 35.5. The molecule has 1 heterocycles. The minimum Gasteiger partial charge on any atom is -0.384 e. The predicted octanol–water partition coefficient (Wildman–Crippen LogP) is 4.02. The van der Waals surface area contributed by atoms with Gasteiger partial charge in [-0.15, -0.1) is 0 Å². The number of nitrogens with one attached hydrogen (secondary N) is 1. The van der Waals surface area contributed by atoms with Crippen LogP contribution < -0.4 is 5.32 Å². The van der Waals surface area contributed by atoms with E-state index < -0.39 is 0 Å². The van der Waals surface area contributed by atoms with Crippen molar-refractivity contribution in [2.45, 2.75) is 26.2 Å². The molecule has 0 aliphatic rings. The molecule has 4 nitrogen and oxygen atoms in total. The lowest BCUT2D eigenvalue weighted by Gasteiger charge is -2.14. The van der Waals surface area contributed by atoms with Gasteiger partial charge < -0.3 is 10.1 Å². The first-order valence-electron chi connectivity index (χ1n) is 7.09. The summed E-state index contributed by atoms with van der Waals surface area (Å²) in [6, 6.07) is 8.15. The number of hydrogen-bond donors (Lipinski definition) is 1. The van der Waals surface area contributed by atoms with Gasteiger partial charge in [-0.2, -0.15) is 0 Å². The number of halogens is 1. The van der Waals surface area contributed by atoms with Gasteiger partial charge in [-0.1, -0.05) is 43.1 Å². The molecule has 0 fully saturated rings. The van der Waals surface area contributed by atoms with Crippen LogP contribution in [0, 0.1) is 0 Å². The maximum absolute atomic E-state index is 6.19. The topological polar surface area (TPSA) is 47.0 Å². The van der Waals surface area contributed by atoms with E-state index in [1.54, 1.807) is 7.11 Å². The van der Waals surface area contributed by atoms with Gasteiger partial charge in [0.25, 0.3) is 0 Å². The van der Waals surface area contributed by atoms with Crippen molar-refractivity contribution in [3.63, 3.8) is 0 Å². The third-order valence-corrected chi connectivity index (χ3v) is 3.56. The van der Waals surface area contributed by atoms with E-state index in [4.69, 9.17) is 16.3 Å².